The zero-order valence-electron chi connectivity index (χ0n) is 9.10. The van der Waals surface area contributed by atoms with E-state index in [1.165, 1.54) is 12.8 Å². The molecule has 0 rings (SSSR count). The van der Waals surface area contributed by atoms with Gasteiger partial charge in [-0.3, -0.25) is 0 Å². The lowest BCUT2D eigenvalue weighted by Gasteiger charge is -2.22. The predicted octanol–water partition coefficient (Wildman–Crippen LogP) is 4.48. The van der Waals surface area contributed by atoms with E-state index in [9.17, 15) is 0 Å². The Morgan fingerprint density at radius 2 is 1.42 bits per heavy atom. The molecule has 0 nitrogen and oxygen atoms in total. The van der Waals surface area contributed by atoms with Gasteiger partial charge in [-0.2, -0.15) is 0 Å². The fourth-order valence-electron chi connectivity index (χ4n) is 1.41. The van der Waals surface area contributed by atoms with Crippen molar-refractivity contribution in [3.63, 3.8) is 0 Å². The highest BCUT2D eigenvalue weighted by Gasteiger charge is 2.17. The van der Waals surface area contributed by atoms with E-state index in [1.54, 1.807) is 0 Å². The van der Waals surface area contributed by atoms with E-state index < -0.39 is 0 Å². The van der Waals surface area contributed by atoms with Gasteiger partial charge in [0.1, 0.15) is 0 Å². The topological polar surface area (TPSA) is 0 Å². The Bertz CT molecular complexity index is 108. The number of halogens is 1. The Labute approximate surface area is 86.3 Å². The monoisotopic (exact) mass is 234 g/mol. The second-order valence-corrected chi connectivity index (χ2v) is 5.69. The molecule has 0 aromatic carbocycles. The molecular weight excluding hydrogens is 212 g/mol. The van der Waals surface area contributed by atoms with Gasteiger partial charge in [0, 0.05) is 4.83 Å². The van der Waals surface area contributed by atoms with Gasteiger partial charge in [0.25, 0.3) is 0 Å². The molecule has 0 aliphatic carbocycles. The third-order valence-electron chi connectivity index (χ3n) is 2.38. The number of hydrogen-bond acceptors (Lipinski definition) is 0. The molecule has 0 aliphatic rings. The molecule has 0 fully saturated rings. The van der Waals surface area contributed by atoms with E-state index in [0.29, 0.717) is 4.83 Å². The van der Waals surface area contributed by atoms with Crippen LogP contribution >= 0.6 is 15.9 Å². The van der Waals surface area contributed by atoms with Crippen LogP contribution in [0.2, 0.25) is 0 Å². The van der Waals surface area contributed by atoms with E-state index in [1.807, 2.05) is 0 Å². The van der Waals surface area contributed by atoms with E-state index in [-0.39, 0.29) is 0 Å². The van der Waals surface area contributed by atoms with Crippen molar-refractivity contribution in [3.05, 3.63) is 0 Å². The minimum absolute atomic E-state index is 0.691. The first-order valence-corrected chi connectivity index (χ1v) is 6.00. The SMILES string of the molecule is CC(C)CCC(C)C(Br)C(C)C. The Kier molecular flexibility index (Phi) is 6.25. The van der Waals surface area contributed by atoms with Gasteiger partial charge >= 0.3 is 0 Å². The predicted molar refractivity (Wildman–Crippen MR) is 60.8 cm³/mol. The molecule has 0 bridgehead atoms. The molecule has 0 heterocycles. The zero-order chi connectivity index (χ0) is 9.72. The molecule has 0 radical (unpaired) electrons. The molecule has 0 N–H and O–H groups in total. The molecular formula is C11H23Br. The molecule has 0 saturated carbocycles. The van der Waals surface area contributed by atoms with Crippen molar-refractivity contribution in [2.24, 2.45) is 17.8 Å². The minimum atomic E-state index is 0.691. The third kappa shape index (κ3) is 5.18. The van der Waals surface area contributed by atoms with Gasteiger partial charge in [-0.05, 0) is 24.2 Å². The van der Waals surface area contributed by atoms with Crippen LogP contribution < -0.4 is 0 Å². The Balaban J connectivity index is 3.64. The minimum Gasteiger partial charge on any atom is -0.0885 e. The van der Waals surface area contributed by atoms with Crippen LogP contribution in [0.1, 0.15) is 47.5 Å². The van der Waals surface area contributed by atoms with Gasteiger partial charge in [0.2, 0.25) is 0 Å². The summed E-state index contributed by atoms with van der Waals surface area (Å²) in [6, 6.07) is 0. The summed E-state index contributed by atoms with van der Waals surface area (Å²) in [7, 11) is 0. The van der Waals surface area contributed by atoms with Gasteiger partial charge in [0.05, 0.1) is 0 Å². The van der Waals surface area contributed by atoms with E-state index in [2.05, 4.69) is 50.5 Å². The average Bonchev–Trinajstić information content (AvgIpc) is 1.98. The number of rotatable bonds is 5. The van der Waals surface area contributed by atoms with Crippen LogP contribution in [-0.4, -0.2) is 4.83 Å². The molecule has 0 spiro atoms. The Hall–Kier alpha value is 0.480. The molecule has 0 aromatic rings. The molecule has 0 aliphatic heterocycles. The van der Waals surface area contributed by atoms with Crippen molar-refractivity contribution in [2.75, 3.05) is 0 Å². The van der Waals surface area contributed by atoms with Crippen molar-refractivity contribution < 1.29 is 0 Å². The highest BCUT2D eigenvalue weighted by Crippen LogP contribution is 2.25. The van der Waals surface area contributed by atoms with Gasteiger partial charge in [-0.15, -0.1) is 0 Å². The normalized spacial score (nSPS) is 17.0. The maximum Gasteiger partial charge on any atom is 0.0194 e. The quantitative estimate of drug-likeness (QED) is 0.616. The highest BCUT2D eigenvalue weighted by atomic mass is 79.9. The van der Waals surface area contributed by atoms with Crippen LogP contribution in [0.4, 0.5) is 0 Å². The van der Waals surface area contributed by atoms with Gasteiger partial charge in [-0.25, -0.2) is 0 Å². The van der Waals surface area contributed by atoms with Crippen LogP contribution in [0, 0.1) is 17.8 Å². The molecule has 2 atom stereocenters. The highest BCUT2D eigenvalue weighted by molar-refractivity contribution is 9.09. The van der Waals surface area contributed by atoms with Crippen molar-refractivity contribution in [3.8, 4) is 0 Å². The summed E-state index contributed by atoms with van der Waals surface area (Å²) in [6.45, 7) is 11.5. The van der Waals surface area contributed by atoms with Crippen molar-refractivity contribution >= 4 is 15.9 Å². The molecule has 74 valence electrons. The average molecular weight is 235 g/mol. The standard InChI is InChI=1S/C11H23Br/c1-8(2)6-7-10(5)11(12)9(3)4/h8-11H,6-7H2,1-5H3. The second kappa shape index (κ2) is 6.01. The molecule has 0 aromatic heterocycles. The van der Waals surface area contributed by atoms with E-state index in [4.69, 9.17) is 0 Å². The maximum atomic E-state index is 3.76. The molecule has 0 amide bonds. The van der Waals surface area contributed by atoms with Crippen molar-refractivity contribution in [1.82, 2.24) is 0 Å². The molecule has 1 heteroatoms. The smallest absolute Gasteiger partial charge is 0.0194 e. The number of alkyl halides is 1. The van der Waals surface area contributed by atoms with Crippen molar-refractivity contribution in [1.29, 1.82) is 0 Å². The largest absolute Gasteiger partial charge is 0.0885 e. The second-order valence-electron chi connectivity index (χ2n) is 4.64. The lowest BCUT2D eigenvalue weighted by Crippen LogP contribution is -2.17. The van der Waals surface area contributed by atoms with Gasteiger partial charge < -0.3 is 0 Å². The lowest BCUT2D eigenvalue weighted by molar-refractivity contribution is 0.398. The summed E-state index contributed by atoms with van der Waals surface area (Å²) in [6.07, 6.45) is 2.71. The lowest BCUT2D eigenvalue weighted by atomic mass is 9.92. The Morgan fingerprint density at radius 3 is 1.75 bits per heavy atom. The number of hydrogen-bond donors (Lipinski definition) is 0. The van der Waals surface area contributed by atoms with E-state index in [0.717, 1.165) is 17.8 Å². The van der Waals surface area contributed by atoms with Crippen LogP contribution in [0.3, 0.4) is 0 Å². The first-order valence-electron chi connectivity index (χ1n) is 5.09. The summed E-state index contributed by atoms with van der Waals surface area (Å²) in [5.74, 6) is 2.42. The zero-order valence-corrected chi connectivity index (χ0v) is 10.7. The van der Waals surface area contributed by atoms with Crippen molar-refractivity contribution in [2.45, 2.75) is 52.3 Å². The molecule has 12 heavy (non-hydrogen) atoms. The summed E-state index contributed by atoms with van der Waals surface area (Å²) in [5.41, 5.74) is 0. The summed E-state index contributed by atoms with van der Waals surface area (Å²) in [4.78, 5) is 0.691. The fraction of sp³-hybridized carbons (Fsp3) is 1.00. The summed E-state index contributed by atoms with van der Waals surface area (Å²) >= 11 is 3.76. The summed E-state index contributed by atoms with van der Waals surface area (Å²) in [5, 5.41) is 0. The summed E-state index contributed by atoms with van der Waals surface area (Å²) < 4.78 is 0. The van der Waals surface area contributed by atoms with Crippen LogP contribution in [0.25, 0.3) is 0 Å². The van der Waals surface area contributed by atoms with Crippen LogP contribution in [0.5, 0.6) is 0 Å². The van der Waals surface area contributed by atoms with Crippen LogP contribution in [0.15, 0.2) is 0 Å². The molecule has 0 saturated heterocycles. The fourth-order valence-corrected chi connectivity index (χ4v) is 1.68. The first kappa shape index (κ1) is 12.5. The third-order valence-corrected chi connectivity index (χ3v) is 4.34. The maximum absolute atomic E-state index is 3.76. The molecule has 2 unspecified atom stereocenters. The van der Waals surface area contributed by atoms with E-state index >= 15 is 0 Å². The Morgan fingerprint density at radius 1 is 0.917 bits per heavy atom. The van der Waals surface area contributed by atoms with Crippen LogP contribution in [-0.2, 0) is 0 Å². The van der Waals surface area contributed by atoms with Gasteiger partial charge in [0.15, 0.2) is 0 Å². The van der Waals surface area contributed by atoms with Gasteiger partial charge in [-0.1, -0.05) is 57.0 Å². The first-order chi connectivity index (χ1) is 5.45.